The van der Waals surface area contributed by atoms with E-state index in [1.165, 1.54) is 0 Å². The quantitative estimate of drug-likeness (QED) is 0.894. The summed E-state index contributed by atoms with van der Waals surface area (Å²) in [5.74, 6) is 1.31. The van der Waals surface area contributed by atoms with Crippen molar-refractivity contribution in [2.24, 2.45) is 11.7 Å². The lowest BCUT2D eigenvalue weighted by molar-refractivity contribution is 0.312. The van der Waals surface area contributed by atoms with Gasteiger partial charge in [0.05, 0.1) is 6.04 Å². The van der Waals surface area contributed by atoms with Gasteiger partial charge in [0.15, 0.2) is 0 Å². The minimum atomic E-state index is -0.222. The van der Waals surface area contributed by atoms with E-state index in [2.05, 4.69) is 35.9 Å². The first kappa shape index (κ1) is 13.7. The molecule has 0 aliphatic rings. The monoisotopic (exact) mass is 260 g/mol. The van der Waals surface area contributed by atoms with E-state index in [1.54, 1.807) is 6.20 Å². The Bertz CT molecular complexity index is 538. The van der Waals surface area contributed by atoms with Gasteiger partial charge in [-0.15, -0.1) is 0 Å². The summed E-state index contributed by atoms with van der Waals surface area (Å²) in [7, 11) is 0. The van der Waals surface area contributed by atoms with Crippen LogP contribution in [-0.2, 0) is 6.42 Å². The molecule has 0 spiro atoms. The fourth-order valence-corrected chi connectivity index (χ4v) is 1.89. The van der Waals surface area contributed by atoms with Crippen LogP contribution in [0.4, 0.5) is 0 Å². The van der Waals surface area contributed by atoms with Gasteiger partial charge >= 0.3 is 0 Å². The molecule has 2 N–H and O–H groups in total. The molecule has 2 heterocycles. The Hall–Kier alpha value is -1.75. The number of pyridine rings is 1. The van der Waals surface area contributed by atoms with Gasteiger partial charge in [-0.2, -0.15) is 4.98 Å². The van der Waals surface area contributed by atoms with Crippen molar-refractivity contribution in [1.82, 2.24) is 15.1 Å². The van der Waals surface area contributed by atoms with Crippen molar-refractivity contribution < 1.29 is 4.52 Å². The molecular weight excluding hydrogens is 240 g/mol. The van der Waals surface area contributed by atoms with Gasteiger partial charge in [-0.3, -0.25) is 4.98 Å². The Morgan fingerprint density at radius 3 is 2.84 bits per heavy atom. The van der Waals surface area contributed by atoms with Gasteiger partial charge in [0.2, 0.25) is 11.7 Å². The molecule has 2 atom stereocenters. The van der Waals surface area contributed by atoms with E-state index in [0.717, 1.165) is 24.1 Å². The lowest BCUT2D eigenvalue weighted by Gasteiger charge is -2.12. The highest BCUT2D eigenvalue weighted by atomic mass is 16.5. The SMILES string of the molecule is CCc1cccnc1-c1noc([C@@H](N)[C@@H](C)CC)n1. The minimum absolute atomic E-state index is 0.222. The molecule has 0 saturated carbocycles. The van der Waals surface area contributed by atoms with Gasteiger partial charge in [0.1, 0.15) is 5.69 Å². The molecule has 0 bridgehead atoms. The topological polar surface area (TPSA) is 77.8 Å². The number of aryl methyl sites for hydroxylation is 1. The van der Waals surface area contributed by atoms with Crippen LogP contribution < -0.4 is 5.73 Å². The Labute approximate surface area is 113 Å². The van der Waals surface area contributed by atoms with Crippen LogP contribution in [0, 0.1) is 5.92 Å². The van der Waals surface area contributed by atoms with E-state index in [0.29, 0.717) is 17.6 Å². The van der Waals surface area contributed by atoms with Crippen molar-refractivity contribution in [3.8, 4) is 11.5 Å². The third kappa shape index (κ3) is 2.81. The molecule has 2 rings (SSSR count). The summed E-state index contributed by atoms with van der Waals surface area (Å²) in [6.45, 7) is 6.24. The predicted octanol–water partition coefficient (Wildman–Crippen LogP) is 2.74. The van der Waals surface area contributed by atoms with Gasteiger partial charge < -0.3 is 10.3 Å². The number of nitrogens with zero attached hydrogens (tertiary/aromatic N) is 3. The Morgan fingerprint density at radius 1 is 1.37 bits per heavy atom. The summed E-state index contributed by atoms with van der Waals surface area (Å²) in [6, 6.07) is 3.71. The molecule has 5 nitrogen and oxygen atoms in total. The fourth-order valence-electron chi connectivity index (χ4n) is 1.89. The summed E-state index contributed by atoms with van der Waals surface area (Å²) in [4.78, 5) is 8.72. The second-order valence-electron chi connectivity index (χ2n) is 4.73. The maximum atomic E-state index is 6.09. The van der Waals surface area contributed by atoms with E-state index in [9.17, 15) is 0 Å². The Morgan fingerprint density at radius 2 is 2.16 bits per heavy atom. The molecular formula is C14H20N4O. The highest BCUT2D eigenvalue weighted by Crippen LogP contribution is 2.24. The van der Waals surface area contributed by atoms with E-state index >= 15 is 0 Å². The van der Waals surface area contributed by atoms with Crippen LogP contribution in [0.5, 0.6) is 0 Å². The largest absolute Gasteiger partial charge is 0.337 e. The van der Waals surface area contributed by atoms with Crippen molar-refractivity contribution in [2.75, 3.05) is 0 Å². The summed E-state index contributed by atoms with van der Waals surface area (Å²) in [6.07, 6.45) is 3.59. The first-order valence-corrected chi connectivity index (χ1v) is 6.70. The minimum Gasteiger partial charge on any atom is -0.337 e. The van der Waals surface area contributed by atoms with Crippen molar-refractivity contribution in [1.29, 1.82) is 0 Å². The van der Waals surface area contributed by atoms with E-state index in [-0.39, 0.29) is 6.04 Å². The van der Waals surface area contributed by atoms with Crippen LogP contribution in [-0.4, -0.2) is 15.1 Å². The average Bonchev–Trinajstić information content (AvgIpc) is 2.95. The van der Waals surface area contributed by atoms with Crippen LogP contribution in [0.1, 0.15) is 44.7 Å². The summed E-state index contributed by atoms with van der Waals surface area (Å²) in [5.41, 5.74) is 7.97. The highest BCUT2D eigenvalue weighted by molar-refractivity contribution is 5.53. The average molecular weight is 260 g/mol. The predicted molar refractivity (Wildman–Crippen MR) is 73.3 cm³/mol. The highest BCUT2D eigenvalue weighted by Gasteiger charge is 2.21. The number of hydrogen-bond acceptors (Lipinski definition) is 5. The molecule has 0 aliphatic heterocycles. The third-order valence-electron chi connectivity index (χ3n) is 3.47. The van der Waals surface area contributed by atoms with E-state index in [1.807, 2.05) is 12.1 Å². The summed E-state index contributed by atoms with van der Waals surface area (Å²) in [5, 5.41) is 4.00. The maximum absolute atomic E-state index is 6.09. The molecule has 102 valence electrons. The zero-order chi connectivity index (χ0) is 13.8. The van der Waals surface area contributed by atoms with Crippen LogP contribution in [0.15, 0.2) is 22.9 Å². The number of rotatable bonds is 5. The molecule has 0 saturated heterocycles. The molecule has 0 fully saturated rings. The second kappa shape index (κ2) is 5.93. The molecule has 2 aromatic rings. The van der Waals surface area contributed by atoms with Crippen LogP contribution in [0.3, 0.4) is 0 Å². The molecule has 19 heavy (non-hydrogen) atoms. The van der Waals surface area contributed by atoms with Crippen LogP contribution in [0.2, 0.25) is 0 Å². The van der Waals surface area contributed by atoms with Crippen molar-refractivity contribution in [3.63, 3.8) is 0 Å². The van der Waals surface area contributed by atoms with Crippen molar-refractivity contribution in [3.05, 3.63) is 29.8 Å². The second-order valence-corrected chi connectivity index (χ2v) is 4.73. The molecule has 2 aromatic heterocycles. The van der Waals surface area contributed by atoms with Gasteiger partial charge in [-0.25, -0.2) is 0 Å². The molecule has 0 radical (unpaired) electrons. The Kier molecular flexibility index (Phi) is 4.27. The molecule has 0 unspecified atom stereocenters. The standard InChI is InChI=1S/C14H20N4O/c1-4-9(3)11(15)14-17-13(18-19-14)12-10(5-2)7-6-8-16-12/h6-9,11H,4-5,15H2,1-3H3/t9-,11-/m0/s1. The zero-order valence-corrected chi connectivity index (χ0v) is 11.6. The van der Waals surface area contributed by atoms with E-state index < -0.39 is 0 Å². The lowest BCUT2D eigenvalue weighted by atomic mass is 10.0. The Balaban J connectivity index is 2.30. The number of aromatic nitrogens is 3. The molecule has 5 heteroatoms. The first-order valence-electron chi connectivity index (χ1n) is 6.70. The zero-order valence-electron chi connectivity index (χ0n) is 11.6. The maximum Gasteiger partial charge on any atom is 0.244 e. The summed E-state index contributed by atoms with van der Waals surface area (Å²) >= 11 is 0. The van der Waals surface area contributed by atoms with Crippen LogP contribution >= 0.6 is 0 Å². The smallest absolute Gasteiger partial charge is 0.244 e. The third-order valence-corrected chi connectivity index (χ3v) is 3.47. The van der Waals surface area contributed by atoms with Crippen molar-refractivity contribution in [2.45, 2.75) is 39.7 Å². The lowest BCUT2D eigenvalue weighted by Crippen LogP contribution is -2.18. The molecule has 0 amide bonds. The molecule has 0 aromatic carbocycles. The van der Waals surface area contributed by atoms with Crippen LogP contribution in [0.25, 0.3) is 11.5 Å². The molecule has 0 aliphatic carbocycles. The normalized spacial score (nSPS) is 14.3. The first-order chi connectivity index (χ1) is 9.17. The van der Waals surface area contributed by atoms with Gasteiger partial charge in [-0.1, -0.05) is 38.4 Å². The fraction of sp³-hybridized carbons (Fsp3) is 0.500. The van der Waals surface area contributed by atoms with Gasteiger partial charge in [-0.05, 0) is 24.0 Å². The van der Waals surface area contributed by atoms with Gasteiger partial charge in [0.25, 0.3) is 0 Å². The van der Waals surface area contributed by atoms with Crippen molar-refractivity contribution >= 4 is 0 Å². The number of nitrogens with two attached hydrogens (primary N) is 1. The number of hydrogen-bond donors (Lipinski definition) is 1. The van der Waals surface area contributed by atoms with E-state index in [4.69, 9.17) is 10.3 Å². The summed E-state index contributed by atoms with van der Waals surface area (Å²) < 4.78 is 5.28. The van der Waals surface area contributed by atoms with Gasteiger partial charge in [0, 0.05) is 6.20 Å².